The van der Waals surface area contributed by atoms with Crippen LogP contribution in [0.2, 0.25) is 0 Å². The van der Waals surface area contributed by atoms with Crippen LogP contribution in [0.25, 0.3) is 22.3 Å². The number of aromatic amines is 1. The van der Waals surface area contributed by atoms with E-state index in [0.717, 1.165) is 10.9 Å². The molecule has 7 heterocycles. The maximum Gasteiger partial charge on any atom is 0.336 e. The van der Waals surface area contributed by atoms with Crippen molar-refractivity contribution in [2.75, 3.05) is 24.6 Å². The Hall–Kier alpha value is -3.25. The van der Waals surface area contributed by atoms with Crippen LogP contribution in [-0.4, -0.2) is 96.1 Å². The van der Waals surface area contributed by atoms with Crippen LogP contribution in [0, 0.1) is 5.92 Å². The molecule has 0 aliphatic carbocycles. The fourth-order valence-electron chi connectivity index (χ4n) is 5.60. The highest BCUT2D eigenvalue weighted by molar-refractivity contribution is 8.07. The first-order valence-corrected chi connectivity index (χ1v) is 17.3. The highest BCUT2D eigenvalue weighted by atomic mass is 32.5. The number of alkyl halides is 1. The molecule has 0 spiro atoms. The van der Waals surface area contributed by atoms with Crippen LogP contribution in [0.3, 0.4) is 0 Å². The largest absolute Gasteiger partial charge is 0.382 e. The van der Waals surface area contributed by atoms with Gasteiger partial charge in [0, 0.05) is 12.5 Å². The van der Waals surface area contributed by atoms with Gasteiger partial charge in [-0.15, -0.1) is 0 Å². The van der Waals surface area contributed by atoms with Gasteiger partial charge in [-0.1, -0.05) is 6.92 Å². The SMILES string of the molecule is C[C@@H]1[C@@H]2OP(O)(=S)OC[C@H]3O[C@@H](n4cnc5c(=O)[nH]c(N)nc54)[C@H](F)[C@@H]3OS(=O)(=O)NC[C@H]2O[C@H]1n1cnc2c(N)ncnc21. The van der Waals surface area contributed by atoms with Crippen molar-refractivity contribution in [2.45, 2.75) is 50.0 Å². The Morgan fingerprint density at radius 3 is 2.56 bits per heavy atom. The summed E-state index contributed by atoms with van der Waals surface area (Å²) in [5, 5.41) is 0. The van der Waals surface area contributed by atoms with Gasteiger partial charge in [-0.2, -0.15) is 18.1 Å². The van der Waals surface area contributed by atoms with Crippen LogP contribution in [0.4, 0.5) is 16.2 Å². The lowest BCUT2D eigenvalue weighted by Gasteiger charge is -2.28. The molecule has 0 aromatic carbocycles. The zero-order chi connectivity index (χ0) is 31.8. The number of imidazole rings is 2. The van der Waals surface area contributed by atoms with Crippen molar-refractivity contribution in [1.29, 1.82) is 0 Å². The van der Waals surface area contributed by atoms with E-state index in [0.29, 0.717) is 11.2 Å². The van der Waals surface area contributed by atoms with Crippen molar-refractivity contribution < 1.29 is 40.4 Å². The van der Waals surface area contributed by atoms with Crippen LogP contribution in [0.1, 0.15) is 19.4 Å². The van der Waals surface area contributed by atoms with Gasteiger partial charge in [0.1, 0.15) is 42.5 Å². The number of nitrogen functional groups attached to an aromatic ring is 2. The quantitative estimate of drug-likeness (QED) is 0.154. The summed E-state index contributed by atoms with van der Waals surface area (Å²) in [5.74, 6) is -0.683. The van der Waals surface area contributed by atoms with Gasteiger partial charge >= 0.3 is 17.0 Å². The summed E-state index contributed by atoms with van der Waals surface area (Å²) in [7, 11) is -4.65. The molecule has 9 atom stereocenters. The second kappa shape index (κ2) is 10.9. The third-order valence-corrected chi connectivity index (χ3v) is 10.2. The zero-order valence-electron chi connectivity index (χ0n) is 22.9. The molecule has 3 aliphatic rings. The number of nitrogens with two attached hydrogens (primary N) is 2. The number of anilines is 2. The standard InChI is InChI=1S/C21H25FN11O9PS2/c1-7-13-8(39-19(7)32-5-27-11-15(23)25-4-26-16(11)32)2-29-45(36,37)42-14-9(3-38-43(35,44)41-13)40-20(10(14)22)33-6-28-12-17(33)30-21(24)31-18(12)34/h4-10,13-14,19-20,29H,2-3H2,1H3,(H,35,44)(H2,23,25,26)(H3,24,30,31,34)/t7-,8-,9-,10-,13+,14-,19-,20-,43?/m1/s1. The Labute approximate surface area is 256 Å². The first-order chi connectivity index (χ1) is 21.3. The smallest absolute Gasteiger partial charge is 0.336 e. The van der Waals surface area contributed by atoms with Crippen LogP contribution < -0.4 is 21.7 Å². The van der Waals surface area contributed by atoms with Crippen molar-refractivity contribution in [3.05, 3.63) is 29.3 Å². The second-order valence-corrected chi connectivity index (χ2v) is 14.7. The van der Waals surface area contributed by atoms with E-state index in [-0.39, 0.29) is 22.9 Å². The predicted octanol–water partition coefficient (Wildman–Crippen LogP) is -1.26. The minimum atomic E-state index is -4.65. The molecule has 4 aromatic heterocycles. The fourth-order valence-corrected chi connectivity index (χ4v) is 8.07. The van der Waals surface area contributed by atoms with E-state index in [2.05, 4.69) is 34.6 Å². The molecule has 24 heteroatoms. The Kier molecular flexibility index (Phi) is 7.39. The van der Waals surface area contributed by atoms with E-state index in [4.69, 9.17) is 46.0 Å². The summed E-state index contributed by atoms with van der Waals surface area (Å²) in [4.78, 5) is 45.8. The average molecular weight is 690 g/mol. The van der Waals surface area contributed by atoms with Crippen molar-refractivity contribution >= 4 is 62.9 Å². The first-order valence-electron chi connectivity index (χ1n) is 13.3. The third kappa shape index (κ3) is 5.37. The molecular weight excluding hydrogens is 664 g/mol. The third-order valence-electron chi connectivity index (χ3n) is 7.66. The fraction of sp³-hybridized carbons (Fsp3) is 0.524. The first kappa shape index (κ1) is 30.4. The number of ether oxygens (including phenoxy) is 2. The molecule has 4 aromatic rings. The van der Waals surface area contributed by atoms with Crippen LogP contribution in [0.15, 0.2) is 23.8 Å². The normalized spacial score (nSPS) is 35.5. The molecule has 0 bridgehead atoms. The zero-order valence-corrected chi connectivity index (χ0v) is 25.4. The van der Waals surface area contributed by atoms with E-state index in [1.54, 1.807) is 11.5 Å². The monoisotopic (exact) mass is 689 g/mol. The van der Waals surface area contributed by atoms with Crippen LogP contribution in [-0.2, 0) is 44.8 Å². The van der Waals surface area contributed by atoms with Crippen LogP contribution >= 0.6 is 6.72 Å². The van der Waals surface area contributed by atoms with Crippen molar-refractivity contribution in [1.82, 2.24) is 43.8 Å². The maximum absolute atomic E-state index is 16.0. The summed E-state index contributed by atoms with van der Waals surface area (Å²) in [6.45, 7) is -3.41. The number of H-pyrrole nitrogens is 1. The van der Waals surface area contributed by atoms with E-state index >= 15 is 4.39 Å². The van der Waals surface area contributed by atoms with Crippen molar-refractivity contribution in [3.63, 3.8) is 0 Å². The Morgan fingerprint density at radius 2 is 1.78 bits per heavy atom. The Bertz CT molecular complexity index is 2010. The number of fused-ring (bicyclic) bond motifs is 4. The summed E-state index contributed by atoms with van der Waals surface area (Å²) < 4.78 is 75.6. The topological polar surface area (TPSA) is 272 Å². The molecule has 1 unspecified atom stereocenters. The van der Waals surface area contributed by atoms with Gasteiger partial charge in [0.05, 0.1) is 19.3 Å². The summed E-state index contributed by atoms with van der Waals surface area (Å²) in [6.07, 6.45) is -6.05. The predicted molar refractivity (Wildman–Crippen MR) is 153 cm³/mol. The second-order valence-electron chi connectivity index (χ2n) is 10.5. The highest BCUT2D eigenvalue weighted by Crippen LogP contribution is 2.51. The average Bonchev–Trinajstić information content (AvgIpc) is 3.72. The number of aromatic nitrogens is 8. The molecule has 0 saturated carbocycles. The van der Waals surface area contributed by atoms with Gasteiger partial charge in [-0.3, -0.25) is 18.9 Å². The number of halogens is 1. The minimum absolute atomic E-state index is 0.118. The number of rotatable bonds is 2. The van der Waals surface area contributed by atoms with Crippen LogP contribution in [0.5, 0.6) is 0 Å². The van der Waals surface area contributed by atoms with Gasteiger partial charge in [-0.25, -0.2) is 28.5 Å². The van der Waals surface area contributed by atoms with Crippen molar-refractivity contribution in [2.24, 2.45) is 5.92 Å². The molecule has 3 saturated heterocycles. The van der Waals surface area contributed by atoms with E-state index in [1.807, 2.05) is 0 Å². The van der Waals surface area contributed by atoms with E-state index in [9.17, 15) is 18.1 Å². The number of nitrogens with zero attached hydrogens (tertiary/aromatic N) is 7. The Morgan fingerprint density at radius 1 is 1.07 bits per heavy atom. The minimum Gasteiger partial charge on any atom is -0.382 e. The van der Waals surface area contributed by atoms with Gasteiger partial charge in [-0.05, 0) is 11.8 Å². The Balaban J connectivity index is 1.17. The van der Waals surface area contributed by atoms with Gasteiger partial charge in [0.2, 0.25) is 5.95 Å². The molecule has 0 amide bonds. The van der Waals surface area contributed by atoms with Gasteiger partial charge in [0.15, 0.2) is 35.0 Å². The number of nitrogens with one attached hydrogen (secondary N) is 2. The summed E-state index contributed by atoms with van der Waals surface area (Å²) in [5.41, 5.74) is 11.3. The van der Waals surface area contributed by atoms with E-state index in [1.165, 1.54) is 12.7 Å². The molecular formula is C21H25FN11O9PS2. The molecule has 3 aliphatic heterocycles. The molecule has 0 radical (unpaired) electrons. The molecule has 3 fully saturated rings. The molecule has 242 valence electrons. The summed E-state index contributed by atoms with van der Waals surface area (Å²) >= 11 is 5.27. The number of hydrogen-bond donors (Lipinski definition) is 5. The molecule has 7 rings (SSSR count). The summed E-state index contributed by atoms with van der Waals surface area (Å²) in [6, 6.07) is 0. The molecule has 45 heavy (non-hydrogen) atoms. The van der Waals surface area contributed by atoms with E-state index < -0.39 is 84.7 Å². The molecule has 20 nitrogen and oxygen atoms in total. The maximum atomic E-state index is 16.0. The van der Waals surface area contributed by atoms with Gasteiger partial charge in [0.25, 0.3) is 5.56 Å². The lowest BCUT2D eigenvalue weighted by atomic mass is 10.0. The lowest BCUT2D eigenvalue weighted by Crippen LogP contribution is -2.44. The highest BCUT2D eigenvalue weighted by Gasteiger charge is 2.52. The van der Waals surface area contributed by atoms with Crippen molar-refractivity contribution in [3.8, 4) is 0 Å². The molecule has 7 N–H and O–H groups in total. The number of hydrogen-bond acceptors (Lipinski definition) is 16. The van der Waals surface area contributed by atoms with Gasteiger partial charge < -0.3 is 34.9 Å². The lowest BCUT2D eigenvalue weighted by molar-refractivity contribution is -0.0453.